The second kappa shape index (κ2) is 12.4. The molecule has 3 heterocycles. The van der Waals surface area contributed by atoms with E-state index in [-0.39, 0.29) is 17.5 Å². The van der Waals surface area contributed by atoms with Crippen molar-refractivity contribution in [2.75, 3.05) is 39.0 Å². The van der Waals surface area contributed by atoms with Gasteiger partial charge in [-0.3, -0.25) is 18.9 Å². The van der Waals surface area contributed by atoms with Crippen LogP contribution in [0, 0.1) is 0 Å². The molecule has 0 spiro atoms. The lowest BCUT2D eigenvalue weighted by atomic mass is 10.0. The molecule has 0 unspecified atom stereocenters. The number of rotatable bonds is 6. The van der Waals surface area contributed by atoms with E-state index in [0.29, 0.717) is 40.5 Å². The van der Waals surface area contributed by atoms with Crippen molar-refractivity contribution < 1.29 is 19.0 Å². The average Bonchev–Trinajstić information content (AvgIpc) is 3.18. The molecule has 1 amide bonds. The van der Waals surface area contributed by atoms with Crippen LogP contribution in [-0.4, -0.2) is 79.6 Å². The van der Waals surface area contributed by atoms with Crippen molar-refractivity contribution in [2.45, 2.75) is 32.6 Å². The van der Waals surface area contributed by atoms with Crippen molar-refractivity contribution in [1.82, 2.24) is 14.8 Å². The maximum Gasteiger partial charge on any atom is 0.256 e. The number of carbonyl (C=O) groups is 1. The SMILES string of the molecule is C/C=C\C(=C/C)CS(O)(O)c1ccc[nH]c(O)c(C=C2N=C(C)C(C(=O)N3CCN(C)CC3)=C2C)cc1. The number of allylic oxidation sites excluding steroid dienone is 4. The van der Waals surface area contributed by atoms with Gasteiger partial charge in [0.25, 0.3) is 5.91 Å². The largest absolute Gasteiger partial charge is 0.494 e. The summed E-state index contributed by atoms with van der Waals surface area (Å²) >= 11 is 0. The number of H-pyrrole nitrogens is 1. The lowest BCUT2D eigenvalue weighted by Gasteiger charge is -2.32. The van der Waals surface area contributed by atoms with Gasteiger partial charge < -0.3 is 19.9 Å². The van der Waals surface area contributed by atoms with Gasteiger partial charge >= 0.3 is 0 Å². The summed E-state index contributed by atoms with van der Waals surface area (Å²) in [5.41, 5.74) is 3.76. The molecule has 0 aliphatic carbocycles. The molecular formula is C28H38N4O4S. The minimum absolute atomic E-state index is 0.0282. The first-order valence-corrected chi connectivity index (χ1v) is 14.0. The Bertz CT molecular complexity index is 1230. The molecule has 200 valence electrons. The summed E-state index contributed by atoms with van der Waals surface area (Å²) in [7, 11) is -1.09. The van der Waals surface area contributed by atoms with E-state index < -0.39 is 10.6 Å². The summed E-state index contributed by atoms with van der Waals surface area (Å²) in [5.74, 6) is -0.0613. The van der Waals surface area contributed by atoms with E-state index in [2.05, 4.69) is 14.9 Å². The first kappa shape index (κ1) is 28.5. The van der Waals surface area contributed by atoms with Crippen molar-refractivity contribution in [3.8, 4) is 5.88 Å². The highest BCUT2D eigenvalue weighted by Crippen LogP contribution is 2.49. The molecule has 2 aliphatic rings. The predicted molar refractivity (Wildman–Crippen MR) is 153 cm³/mol. The zero-order chi connectivity index (χ0) is 27.2. The summed E-state index contributed by atoms with van der Waals surface area (Å²) in [6.45, 7) is 10.4. The number of likely N-dealkylation sites (N-methyl/N-ethyl adjacent to an activating group) is 1. The minimum atomic E-state index is -3.14. The van der Waals surface area contributed by atoms with Crippen LogP contribution in [0.25, 0.3) is 6.08 Å². The van der Waals surface area contributed by atoms with Gasteiger partial charge in [0, 0.05) is 37.9 Å². The van der Waals surface area contributed by atoms with E-state index in [1.807, 2.05) is 57.9 Å². The van der Waals surface area contributed by atoms with E-state index in [1.54, 1.807) is 30.3 Å². The van der Waals surface area contributed by atoms with Crippen LogP contribution in [0.3, 0.4) is 0 Å². The third-order valence-electron chi connectivity index (χ3n) is 6.48. The van der Waals surface area contributed by atoms with E-state index in [4.69, 9.17) is 0 Å². The lowest BCUT2D eigenvalue weighted by Crippen LogP contribution is -2.48. The van der Waals surface area contributed by atoms with E-state index in [9.17, 15) is 19.0 Å². The number of aromatic hydroxyl groups is 1. The average molecular weight is 527 g/mol. The molecule has 0 atom stereocenters. The third kappa shape index (κ3) is 7.01. The number of piperazine rings is 1. The van der Waals surface area contributed by atoms with Gasteiger partial charge in [-0.2, -0.15) is 10.6 Å². The Balaban J connectivity index is 1.99. The van der Waals surface area contributed by atoms with Crippen molar-refractivity contribution in [3.05, 3.63) is 76.7 Å². The molecule has 37 heavy (non-hydrogen) atoms. The van der Waals surface area contributed by atoms with Crippen molar-refractivity contribution in [3.63, 3.8) is 0 Å². The summed E-state index contributed by atoms with van der Waals surface area (Å²) in [5, 5.41) is 10.7. The minimum Gasteiger partial charge on any atom is -0.494 e. The number of aliphatic imine (C=N–C) groups is 1. The van der Waals surface area contributed by atoms with Crippen molar-refractivity contribution >= 4 is 28.3 Å². The number of hydrogen-bond acceptors (Lipinski definition) is 6. The highest BCUT2D eigenvalue weighted by Gasteiger charge is 2.29. The van der Waals surface area contributed by atoms with Crippen LogP contribution in [0.1, 0.15) is 33.3 Å². The monoisotopic (exact) mass is 526 g/mol. The summed E-state index contributed by atoms with van der Waals surface area (Å²) in [6.07, 6.45) is 8.77. The van der Waals surface area contributed by atoms with Crippen LogP contribution in [-0.2, 0) is 4.79 Å². The number of nitrogens with one attached hydrogen (secondary N) is 1. The summed E-state index contributed by atoms with van der Waals surface area (Å²) in [6, 6.07) is 6.44. The molecule has 0 bridgehead atoms. The third-order valence-corrected chi connectivity index (χ3v) is 8.24. The Morgan fingerprint density at radius 3 is 2.49 bits per heavy atom. The van der Waals surface area contributed by atoms with Gasteiger partial charge in [-0.1, -0.05) is 18.2 Å². The van der Waals surface area contributed by atoms with Gasteiger partial charge in [-0.15, -0.1) is 0 Å². The molecule has 1 aromatic heterocycles. The Morgan fingerprint density at radius 2 is 1.84 bits per heavy atom. The van der Waals surface area contributed by atoms with Gasteiger partial charge in [-0.05, 0) is 76.2 Å². The van der Waals surface area contributed by atoms with Gasteiger partial charge in [0.1, 0.15) is 0 Å². The summed E-state index contributed by atoms with van der Waals surface area (Å²) < 4.78 is 21.9. The van der Waals surface area contributed by atoms with Crippen LogP contribution >= 0.6 is 10.6 Å². The summed E-state index contributed by atoms with van der Waals surface area (Å²) in [4.78, 5) is 25.1. The number of amides is 1. The number of aromatic amines is 1. The van der Waals surface area contributed by atoms with Crippen LogP contribution in [0.5, 0.6) is 5.88 Å². The van der Waals surface area contributed by atoms with Gasteiger partial charge in [0.05, 0.1) is 27.6 Å². The second-order valence-electron chi connectivity index (χ2n) is 9.21. The standard InChI is InChI=1S/C28H38N4O4S/c1-6-9-22(7-2)19-37(35,36)24-10-8-13-29-27(33)23(11-12-24)18-25-20(3)26(21(4)30-25)28(34)32-16-14-31(5)15-17-32/h6-13,18,29,33,35-36H,14-17,19H2,1-5H3/b9-6-,12-11?,13-8?,22-7+,24-10?,25-18?,27-23?. The highest BCUT2D eigenvalue weighted by atomic mass is 32.3. The fourth-order valence-electron chi connectivity index (χ4n) is 4.24. The van der Waals surface area contributed by atoms with Gasteiger partial charge in [-0.25, -0.2) is 0 Å². The topological polar surface area (TPSA) is 112 Å². The van der Waals surface area contributed by atoms with Crippen molar-refractivity contribution in [1.29, 1.82) is 0 Å². The maximum absolute atomic E-state index is 13.3. The Morgan fingerprint density at radius 1 is 1.14 bits per heavy atom. The zero-order valence-corrected chi connectivity index (χ0v) is 23.0. The van der Waals surface area contributed by atoms with E-state index in [0.717, 1.165) is 24.2 Å². The molecule has 1 aromatic rings. The number of carbonyl (C=O) groups excluding carboxylic acids is 1. The van der Waals surface area contributed by atoms with Crippen molar-refractivity contribution in [2.24, 2.45) is 4.99 Å². The van der Waals surface area contributed by atoms with Gasteiger partial charge in [0.15, 0.2) is 5.88 Å². The molecule has 3 rings (SSSR count). The molecule has 1 saturated heterocycles. The fraction of sp³-hybridized carbons (Fsp3) is 0.357. The molecule has 8 nitrogen and oxygen atoms in total. The maximum atomic E-state index is 13.3. The van der Waals surface area contributed by atoms with Gasteiger partial charge in [0.2, 0.25) is 0 Å². The predicted octanol–water partition coefficient (Wildman–Crippen LogP) is 5.38. The first-order chi connectivity index (χ1) is 17.6. The molecule has 0 radical (unpaired) electrons. The van der Waals surface area contributed by atoms with E-state index >= 15 is 0 Å². The number of nitrogens with zero attached hydrogens (tertiary/aromatic N) is 3. The Kier molecular flexibility index (Phi) is 9.56. The Labute approximate surface area is 221 Å². The number of hydrogen-bond donors (Lipinski definition) is 4. The first-order valence-electron chi connectivity index (χ1n) is 12.3. The quantitative estimate of drug-likeness (QED) is 0.372. The lowest BCUT2D eigenvalue weighted by molar-refractivity contribution is -0.128. The molecule has 2 aliphatic heterocycles. The normalized spacial score (nSPS) is 19.0. The smallest absolute Gasteiger partial charge is 0.256 e. The molecule has 4 N–H and O–H groups in total. The van der Waals surface area contributed by atoms with Crippen LogP contribution < -0.4 is 0 Å². The van der Waals surface area contributed by atoms with E-state index in [1.165, 1.54) is 6.20 Å². The number of aromatic nitrogens is 1. The molecule has 1 fully saturated rings. The van der Waals surface area contributed by atoms with Crippen LogP contribution in [0.2, 0.25) is 0 Å². The second-order valence-corrected chi connectivity index (χ2v) is 11.3. The molecule has 0 saturated carbocycles. The highest BCUT2D eigenvalue weighted by molar-refractivity contribution is 8.24. The molecule has 9 heteroatoms. The zero-order valence-electron chi connectivity index (χ0n) is 22.2. The molecular weight excluding hydrogens is 488 g/mol. The van der Waals surface area contributed by atoms with Crippen LogP contribution in [0.15, 0.2) is 81.0 Å². The molecule has 0 aromatic carbocycles. The van der Waals surface area contributed by atoms with Crippen LogP contribution in [0.4, 0.5) is 0 Å². The fourth-order valence-corrected chi connectivity index (χ4v) is 5.72. The Hall–Kier alpha value is -3.11.